The van der Waals surface area contributed by atoms with Crippen molar-refractivity contribution in [3.8, 4) is 17.2 Å². The van der Waals surface area contributed by atoms with Gasteiger partial charge in [-0.15, -0.1) is 0 Å². The van der Waals surface area contributed by atoms with Crippen LogP contribution in [-0.4, -0.2) is 38.3 Å². The number of rotatable bonds is 37. The maximum Gasteiger partial charge on any atom is 0.203 e. The summed E-state index contributed by atoms with van der Waals surface area (Å²) in [5, 5.41) is 89.7. The largest absolute Gasteiger partial charge is 0.490 e. The number of likely N-dealkylation sites (tertiary alicyclic amines) is 1. The van der Waals surface area contributed by atoms with Crippen LogP contribution in [0.3, 0.4) is 0 Å². The van der Waals surface area contributed by atoms with E-state index in [2.05, 4.69) is 44.9 Å². The summed E-state index contributed by atoms with van der Waals surface area (Å²) in [6.45, 7) is 10.0. The molecule has 2 spiro atoms. The topological polar surface area (TPSA) is 30.9 Å². The van der Waals surface area contributed by atoms with Crippen molar-refractivity contribution in [2.24, 2.45) is 0 Å². The van der Waals surface area contributed by atoms with Crippen LogP contribution in [0.25, 0.3) is 291 Å². The van der Waals surface area contributed by atoms with Gasteiger partial charge in [0.25, 0.3) is 0 Å². The van der Waals surface area contributed by atoms with Gasteiger partial charge in [-0.1, -0.05) is 194 Å². The molecule has 0 amide bonds. The second kappa shape index (κ2) is 17.4. The smallest absolute Gasteiger partial charge is 0.203 e. The number of hydrogen-bond donors (Lipinski definition) is 0. The third-order valence-electron chi connectivity index (χ3n) is 34.5. The van der Waals surface area contributed by atoms with Gasteiger partial charge in [-0.25, -0.2) is 0 Å². The number of ether oxygens (including phenoxy) is 3. The van der Waals surface area contributed by atoms with Crippen LogP contribution in [-0.2, 0) is 10.8 Å². The van der Waals surface area contributed by atoms with E-state index in [0.717, 1.165) is 43.1 Å². The van der Waals surface area contributed by atoms with E-state index in [9.17, 15) is 0 Å². The van der Waals surface area contributed by atoms with E-state index in [1.807, 2.05) is 0 Å². The molecule has 526 valence electrons. The van der Waals surface area contributed by atoms with E-state index >= 15 is 0 Å². The zero-order valence-electron chi connectivity index (χ0n) is 63.4. The minimum Gasteiger partial charge on any atom is -0.490 e. The van der Waals surface area contributed by atoms with Gasteiger partial charge >= 0.3 is 0 Å². The lowest BCUT2D eigenvalue weighted by molar-refractivity contribution is 0.229. The van der Waals surface area contributed by atoms with Crippen molar-refractivity contribution >= 4 is 291 Å². The molecule has 1 atom stereocenters. The molecule has 5 aliphatic rings. The molecule has 1 heterocycles. The highest BCUT2D eigenvalue weighted by Crippen LogP contribution is 2.87. The van der Waals surface area contributed by atoms with Crippen molar-refractivity contribution in [1.82, 2.24) is 4.90 Å². The summed E-state index contributed by atoms with van der Waals surface area (Å²) in [5.74, 6) is 2.72. The monoisotopic (exact) mass is 1410 g/mol. The van der Waals surface area contributed by atoms with Crippen LogP contribution in [0, 0.1) is 0 Å². The van der Waals surface area contributed by atoms with E-state index in [0.29, 0.717) is 19.8 Å². The second-order valence-corrected chi connectivity index (χ2v) is 38.7. The highest BCUT2D eigenvalue weighted by atomic mass is 16.5. The van der Waals surface area contributed by atoms with Crippen molar-refractivity contribution in [1.29, 1.82) is 0 Å². The minimum atomic E-state index is -0.493. The van der Waals surface area contributed by atoms with Gasteiger partial charge in [-0.3, -0.25) is 4.90 Å². The first-order valence-corrected chi connectivity index (χ1v) is 44.7. The lowest BCUT2D eigenvalue weighted by atomic mass is 9.47. The van der Waals surface area contributed by atoms with E-state index in [4.69, 9.17) is 14.2 Å². The standard InChI is InChI=1S/C105H83NO3/c1-5-8-11-14-17-20-23-26-29-32-35-107-42-38-41(39-43(108-36-33-30-27-24-21-18-15-12-9-6-2)102(42)109-37-34-31-28-25-22-19-16-13-10-7-3)103-105-100-94-88-78-66-58-50-46-44-45-48-52(50)60(66)70-64-56(48)57-49(45)53-51-47(44)55-54(46)62-68(58)76-82-72(62)73-63(55)69-59(51)67-61(53)71-65(57)75-74(64)86(80(70)88)96(100)97-87(75)81(71)89-79(67)85-77(69)83(73)91-90(82)98(92(94)84(76)78)104(105,40-106(103)4)99(91)93(85)95(89)101(97)105/h38-39,103H,5-37,40H2,1-4H3. The normalized spacial score (nSPS) is 19.6. The number of benzene rings is 19. The van der Waals surface area contributed by atoms with Gasteiger partial charge < -0.3 is 14.2 Å². The summed E-state index contributed by atoms with van der Waals surface area (Å²) in [4.78, 5) is 3.00. The van der Waals surface area contributed by atoms with E-state index in [1.165, 1.54) is 179 Å². The molecule has 4 nitrogen and oxygen atoms in total. The Bertz CT molecular complexity index is 8080. The second-order valence-electron chi connectivity index (χ2n) is 38.7. The van der Waals surface area contributed by atoms with Gasteiger partial charge in [0.1, 0.15) is 0 Å². The molecule has 29 aromatic rings. The fourth-order valence-electron chi connectivity index (χ4n) is 32.0. The molecular formula is C105H83NO3. The van der Waals surface area contributed by atoms with Gasteiger partial charge in [-0.05, 0) is 357 Å². The SMILES string of the molecule is CCCCCCCCCCCCOc1cc(C2N(C)CC34c5c6c7c8c9c%10c(c%11c%12c3c3c5c5c%13c6c6c7c7c9c9c%14c%10c%10c%11c%11c%12c%12c3c3c5c5c%13c%13c6c6c7c9c7c9c%14c%10c%10c%11c%11c%12c3c3c5c5c%13c6c7c6c9c%10c%11c3c56)C824)cc(OCCCCCCCCCCCC)c1OCCCCCCCCCCCC. The Kier molecular flexibility index (Phi) is 8.97. The molecule has 4 aliphatic carbocycles. The van der Waals surface area contributed by atoms with Crippen molar-refractivity contribution in [2.75, 3.05) is 33.4 Å². The highest BCUT2D eigenvalue weighted by Gasteiger charge is 2.76. The quantitative estimate of drug-likeness (QED) is 0.0287. The Morgan fingerprint density at radius 2 is 0.422 bits per heavy atom. The highest BCUT2D eigenvalue weighted by molar-refractivity contribution is 6.82. The molecule has 34 rings (SSSR count). The Morgan fingerprint density at radius 3 is 0.642 bits per heavy atom. The van der Waals surface area contributed by atoms with E-state index < -0.39 is 10.8 Å². The summed E-state index contributed by atoms with van der Waals surface area (Å²) in [6, 6.07) is 5.19. The number of hydrogen-bond acceptors (Lipinski definition) is 4. The molecule has 109 heavy (non-hydrogen) atoms. The average Bonchev–Trinajstić information content (AvgIpc) is 1.38. The first-order chi connectivity index (χ1) is 54.2. The summed E-state index contributed by atoms with van der Waals surface area (Å²) in [6.07, 6.45) is 39.1. The van der Waals surface area contributed by atoms with Gasteiger partial charge in [0.05, 0.1) is 30.7 Å². The maximum atomic E-state index is 7.64. The van der Waals surface area contributed by atoms with Crippen LogP contribution in [0.15, 0.2) is 12.1 Å². The fraction of sp³-hybridized carbons (Fsp3) is 0.390. The summed E-state index contributed by atoms with van der Waals surface area (Å²) in [7, 11) is 2.63. The van der Waals surface area contributed by atoms with Crippen LogP contribution >= 0.6 is 0 Å². The van der Waals surface area contributed by atoms with E-state index in [-0.39, 0.29) is 6.04 Å². The molecule has 1 fully saturated rings. The van der Waals surface area contributed by atoms with E-state index in [1.54, 1.807) is 313 Å². The zero-order valence-corrected chi connectivity index (χ0v) is 63.4. The van der Waals surface area contributed by atoms with Gasteiger partial charge in [0.15, 0.2) is 11.5 Å². The van der Waals surface area contributed by atoms with Crippen molar-refractivity contribution in [3.05, 3.63) is 39.9 Å². The number of unbranched alkanes of at least 4 members (excludes halogenated alkanes) is 27. The molecule has 1 unspecified atom stereocenters. The van der Waals surface area contributed by atoms with Crippen LogP contribution in [0.1, 0.15) is 247 Å². The number of nitrogens with zero attached hydrogens (tertiary/aromatic N) is 1. The zero-order chi connectivity index (χ0) is 69.5. The minimum absolute atomic E-state index is 0.0429. The Hall–Kier alpha value is -8.96. The molecule has 0 bridgehead atoms. The molecule has 29 aromatic carbocycles. The summed E-state index contributed by atoms with van der Waals surface area (Å²) < 4.78 is 22.8. The Balaban J connectivity index is 0.673. The first-order valence-electron chi connectivity index (χ1n) is 44.7. The van der Waals surface area contributed by atoms with Crippen LogP contribution in [0.2, 0.25) is 0 Å². The molecule has 1 saturated heterocycles. The molecule has 0 radical (unpaired) electrons. The fourth-order valence-corrected chi connectivity index (χ4v) is 32.0. The molecule has 4 heteroatoms. The van der Waals surface area contributed by atoms with Crippen molar-refractivity contribution in [2.45, 2.75) is 230 Å². The Morgan fingerprint density at radius 1 is 0.239 bits per heavy atom. The van der Waals surface area contributed by atoms with Gasteiger partial charge in [0.2, 0.25) is 5.75 Å². The van der Waals surface area contributed by atoms with Gasteiger partial charge in [0, 0.05) is 12.6 Å². The predicted octanol–water partition coefficient (Wildman–Crippen LogP) is 30.9. The first kappa shape index (κ1) is 56.3. The molecule has 1 aliphatic heterocycles. The third-order valence-corrected chi connectivity index (χ3v) is 34.5. The lowest BCUT2D eigenvalue weighted by Gasteiger charge is -2.52. The third kappa shape index (κ3) is 4.86. The molecule has 0 saturated carbocycles. The van der Waals surface area contributed by atoms with Crippen LogP contribution in [0.4, 0.5) is 0 Å². The molecular weight excluding hydrogens is 1320 g/mol. The van der Waals surface area contributed by atoms with Crippen molar-refractivity contribution in [3.63, 3.8) is 0 Å². The summed E-state index contributed by atoms with van der Waals surface area (Å²) >= 11 is 0. The van der Waals surface area contributed by atoms with Crippen molar-refractivity contribution < 1.29 is 14.2 Å². The number of likely N-dealkylation sites (N-methyl/N-ethyl adjacent to an activating group) is 1. The predicted molar refractivity (Wildman–Crippen MR) is 468 cm³/mol. The maximum absolute atomic E-state index is 7.64. The molecule has 0 aromatic heterocycles. The van der Waals surface area contributed by atoms with Crippen LogP contribution in [0.5, 0.6) is 17.2 Å². The van der Waals surface area contributed by atoms with Crippen LogP contribution < -0.4 is 14.2 Å². The summed E-state index contributed by atoms with van der Waals surface area (Å²) in [5.41, 5.74) is 7.46. The lowest BCUT2D eigenvalue weighted by Crippen LogP contribution is -2.51. The average molecular weight is 1410 g/mol. The molecule has 0 N–H and O–H groups in total. The Labute approximate surface area is 626 Å². The van der Waals surface area contributed by atoms with Gasteiger partial charge in [-0.2, -0.15) is 0 Å².